The van der Waals surface area contributed by atoms with E-state index in [-0.39, 0.29) is 5.91 Å². The molecule has 2 N–H and O–H groups in total. The summed E-state index contributed by atoms with van der Waals surface area (Å²) in [5.74, 6) is -0.726. The zero-order valence-corrected chi connectivity index (χ0v) is 14.8. The quantitative estimate of drug-likeness (QED) is 0.822. The molecule has 1 aliphatic rings. The van der Waals surface area contributed by atoms with Gasteiger partial charge in [-0.2, -0.15) is 0 Å². The van der Waals surface area contributed by atoms with E-state index in [9.17, 15) is 14.7 Å². The first kappa shape index (κ1) is 18.0. The van der Waals surface area contributed by atoms with Crippen molar-refractivity contribution in [1.82, 2.24) is 0 Å². The smallest absolute Gasteiger partial charge is 0.307 e. The minimum absolute atomic E-state index is 0.218. The molecule has 0 spiro atoms. The topological polar surface area (TPSA) is 75.6 Å². The highest BCUT2D eigenvalue weighted by molar-refractivity contribution is 5.95. The zero-order valence-electron chi connectivity index (χ0n) is 14.8. The third kappa shape index (κ3) is 4.42. The summed E-state index contributed by atoms with van der Waals surface area (Å²) >= 11 is 0. The first-order valence-electron chi connectivity index (χ1n) is 8.91. The molecule has 2 aromatic rings. The van der Waals surface area contributed by atoms with Crippen molar-refractivity contribution >= 4 is 17.6 Å². The number of hydrogen-bond donors (Lipinski definition) is 2. The van der Waals surface area contributed by atoms with E-state index in [0.717, 1.165) is 24.2 Å². The fourth-order valence-electron chi connectivity index (χ4n) is 3.40. The van der Waals surface area contributed by atoms with Crippen LogP contribution >= 0.6 is 0 Å². The van der Waals surface area contributed by atoms with Crippen molar-refractivity contribution in [3.8, 4) is 11.5 Å². The number of rotatable bonds is 5. The summed E-state index contributed by atoms with van der Waals surface area (Å²) < 4.78 is 5.79. The number of hydrogen-bond acceptors (Lipinski definition) is 3. The SMILES string of the molecule is Cc1cccc(Oc2ccc(NC(=O)[C@H]3CCCC[C@@H]3C(=O)O)cc2)c1. The molecule has 0 aromatic heterocycles. The lowest BCUT2D eigenvalue weighted by molar-refractivity contribution is -0.147. The van der Waals surface area contributed by atoms with Crippen molar-refractivity contribution in [2.75, 3.05) is 5.32 Å². The molecule has 0 radical (unpaired) electrons. The van der Waals surface area contributed by atoms with Crippen LogP contribution in [0.5, 0.6) is 11.5 Å². The van der Waals surface area contributed by atoms with Gasteiger partial charge in [-0.05, 0) is 61.7 Å². The molecule has 0 heterocycles. The molecular weight excluding hydrogens is 330 g/mol. The number of aryl methyl sites for hydroxylation is 1. The number of aliphatic carboxylic acids is 1. The van der Waals surface area contributed by atoms with E-state index in [1.165, 1.54) is 0 Å². The molecule has 1 fully saturated rings. The molecule has 0 unspecified atom stereocenters. The largest absolute Gasteiger partial charge is 0.481 e. The van der Waals surface area contributed by atoms with Crippen LogP contribution in [0.2, 0.25) is 0 Å². The molecule has 1 saturated carbocycles. The summed E-state index contributed by atoms with van der Waals surface area (Å²) in [7, 11) is 0. The van der Waals surface area contributed by atoms with E-state index >= 15 is 0 Å². The third-order valence-electron chi connectivity index (χ3n) is 4.77. The van der Waals surface area contributed by atoms with E-state index in [2.05, 4.69) is 5.32 Å². The Morgan fingerprint density at radius 3 is 2.35 bits per heavy atom. The predicted molar refractivity (Wildman–Crippen MR) is 99.4 cm³/mol. The number of carboxylic acids is 1. The van der Waals surface area contributed by atoms with Crippen molar-refractivity contribution < 1.29 is 19.4 Å². The second kappa shape index (κ2) is 8.04. The van der Waals surface area contributed by atoms with Gasteiger partial charge < -0.3 is 15.2 Å². The molecule has 3 rings (SSSR count). The second-order valence-corrected chi connectivity index (χ2v) is 6.77. The number of carbonyl (C=O) groups is 2. The Balaban J connectivity index is 1.63. The van der Waals surface area contributed by atoms with Gasteiger partial charge in [0.1, 0.15) is 11.5 Å². The summed E-state index contributed by atoms with van der Waals surface area (Å²) in [6.45, 7) is 2.00. The normalized spacial score (nSPS) is 19.6. The molecule has 1 amide bonds. The molecule has 2 aromatic carbocycles. The van der Waals surface area contributed by atoms with Gasteiger partial charge in [-0.3, -0.25) is 9.59 Å². The van der Waals surface area contributed by atoms with Crippen LogP contribution in [-0.4, -0.2) is 17.0 Å². The highest BCUT2D eigenvalue weighted by atomic mass is 16.5. The summed E-state index contributed by atoms with van der Waals surface area (Å²) in [4.78, 5) is 23.9. The minimum atomic E-state index is -0.883. The number of nitrogens with one attached hydrogen (secondary N) is 1. The Labute approximate surface area is 153 Å². The van der Waals surface area contributed by atoms with Crippen LogP contribution in [0.4, 0.5) is 5.69 Å². The third-order valence-corrected chi connectivity index (χ3v) is 4.77. The Morgan fingerprint density at radius 2 is 1.69 bits per heavy atom. The standard InChI is InChI=1S/C21H23NO4/c1-14-5-4-6-17(13-14)26-16-11-9-15(10-12-16)22-20(23)18-7-2-3-8-19(18)21(24)25/h4-6,9-13,18-19H,2-3,7-8H2,1H3,(H,22,23)(H,24,25)/t18-,19-/m0/s1. The summed E-state index contributed by atoms with van der Waals surface area (Å²) in [5, 5.41) is 12.2. The molecular formula is C21H23NO4. The van der Waals surface area contributed by atoms with E-state index in [4.69, 9.17) is 4.74 Å². The van der Waals surface area contributed by atoms with Crippen molar-refractivity contribution in [3.05, 3.63) is 54.1 Å². The van der Waals surface area contributed by atoms with Gasteiger partial charge in [0.15, 0.2) is 0 Å². The number of amides is 1. The number of anilines is 1. The number of carbonyl (C=O) groups excluding carboxylic acids is 1. The average Bonchev–Trinajstić information content (AvgIpc) is 2.63. The minimum Gasteiger partial charge on any atom is -0.481 e. The molecule has 0 saturated heterocycles. The maximum absolute atomic E-state index is 12.5. The van der Waals surface area contributed by atoms with E-state index < -0.39 is 17.8 Å². The van der Waals surface area contributed by atoms with Crippen LogP contribution in [0, 0.1) is 18.8 Å². The molecule has 1 aliphatic carbocycles. The zero-order chi connectivity index (χ0) is 18.5. The van der Waals surface area contributed by atoms with Gasteiger partial charge in [-0.15, -0.1) is 0 Å². The van der Waals surface area contributed by atoms with Gasteiger partial charge >= 0.3 is 5.97 Å². The van der Waals surface area contributed by atoms with Crippen LogP contribution in [0.3, 0.4) is 0 Å². The first-order chi connectivity index (χ1) is 12.5. The Hall–Kier alpha value is -2.82. The Morgan fingerprint density at radius 1 is 1.00 bits per heavy atom. The first-order valence-corrected chi connectivity index (χ1v) is 8.91. The molecule has 0 aliphatic heterocycles. The van der Waals surface area contributed by atoms with Crippen molar-refractivity contribution in [1.29, 1.82) is 0 Å². The predicted octanol–water partition coefficient (Wildman–Crippen LogP) is 4.62. The fourth-order valence-corrected chi connectivity index (χ4v) is 3.40. The maximum Gasteiger partial charge on any atom is 0.307 e. The monoisotopic (exact) mass is 353 g/mol. The number of carboxylic acid groups (broad SMARTS) is 1. The van der Waals surface area contributed by atoms with Gasteiger partial charge in [0.2, 0.25) is 5.91 Å². The van der Waals surface area contributed by atoms with Crippen molar-refractivity contribution in [2.45, 2.75) is 32.6 Å². The second-order valence-electron chi connectivity index (χ2n) is 6.77. The molecule has 5 heteroatoms. The summed E-state index contributed by atoms with van der Waals surface area (Å²) in [6, 6.07) is 14.9. The van der Waals surface area contributed by atoms with Crippen LogP contribution in [-0.2, 0) is 9.59 Å². The Kier molecular flexibility index (Phi) is 5.56. The highest BCUT2D eigenvalue weighted by Crippen LogP contribution is 2.31. The molecule has 26 heavy (non-hydrogen) atoms. The van der Waals surface area contributed by atoms with E-state index in [1.54, 1.807) is 24.3 Å². The highest BCUT2D eigenvalue weighted by Gasteiger charge is 2.35. The molecule has 5 nitrogen and oxygen atoms in total. The number of ether oxygens (including phenoxy) is 1. The number of benzene rings is 2. The van der Waals surface area contributed by atoms with Crippen molar-refractivity contribution in [3.63, 3.8) is 0 Å². The van der Waals surface area contributed by atoms with Crippen LogP contribution in [0.1, 0.15) is 31.2 Å². The van der Waals surface area contributed by atoms with E-state index in [1.807, 2.05) is 31.2 Å². The van der Waals surface area contributed by atoms with Gasteiger partial charge in [-0.25, -0.2) is 0 Å². The lowest BCUT2D eigenvalue weighted by atomic mass is 9.78. The van der Waals surface area contributed by atoms with Gasteiger partial charge in [0, 0.05) is 5.69 Å². The summed E-state index contributed by atoms with van der Waals surface area (Å²) in [6.07, 6.45) is 2.95. The molecule has 2 atom stereocenters. The van der Waals surface area contributed by atoms with Crippen molar-refractivity contribution in [2.24, 2.45) is 11.8 Å². The summed E-state index contributed by atoms with van der Waals surface area (Å²) in [5.41, 5.74) is 1.76. The van der Waals surface area contributed by atoms with Gasteiger partial charge in [-0.1, -0.05) is 25.0 Å². The average molecular weight is 353 g/mol. The van der Waals surface area contributed by atoms with Crippen LogP contribution in [0.25, 0.3) is 0 Å². The van der Waals surface area contributed by atoms with Crippen LogP contribution in [0.15, 0.2) is 48.5 Å². The fraction of sp³-hybridized carbons (Fsp3) is 0.333. The maximum atomic E-state index is 12.5. The van der Waals surface area contributed by atoms with Crippen LogP contribution < -0.4 is 10.1 Å². The molecule has 136 valence electrons. The molecule has 0 bridgehead atoms. The van der Waals surface area contributed by atoms with Gasteiger partial charge in [0.25, 0.3) is 0 Å². The van der Waals surface area contributed by atoms with Gasteiger partial charge in [0.05, 0.1) is 11.8 Å². The Bertz CT molecular complexity index is 785. The lowest BCUT2D eigenvalue weighted by Gasteiger charge is -2.27. The lowest BCUT2D eigenvalue weighted by Crippen LogP contribution is -2.36. The van der Waals surface area contributed by atoms with E-state index in [0.29, 0.717) is 24.3 Å².